The monoisotopic (exact) mass is 291 g/mol. The summed E-state index contributed by atoms with van der Waals surface area (Å²) in [5.74, 6) is 0. The molecular weight excluding hydrogens is 274 g/mol. The van der Waals surface area contributed by atoms with Crippen LogP contribution in [-0.4, -0.2) is 13.4 Å². The first kappa shape index (κ1) is 14.3. The molecule has 0 saturated carbocycles. The fourth-order valence-electron chi connectivity index (χ4n) is 1.89. The van der Waals surface area contributed by atoms with Gasteiger partial charge in [0.1, 0.15) is 0 Å². The molecule has 1 heterocycles. The van der Waals surface area contributed by atoms with Crippen LogP contribution in [0.5, 0.6) is 0 Å². The Morgan fingerprint density at radius 1 is 1.25 bits per heavy atom. The van der Waals surface area contributed by atoms with Crippen LogP contribution in [0, 0.1) is 6.92 Å². The van der Waals surface area contributed by atoms with Gasteiger partial charge in [-0.1, -0.05) is 13.0 Å². The number of nitrogens with one attached hydrogen (secondary N) is 1. The third-order valence-electron chi connectivity index (χ3n) is 2.94. The highest BCUT2D eigenvalue weighted by Gasteiger charge is 2.15. The van der Waals surface area contributed by atoms with E-state index >= 15 is 0 Å². The summed E-state index contributed by atoms with van der Waals surface area (Å²) in [6.45, 7) is 3.81. The van der Waals surface area contributed by atoms with Gasteiger partial charge in [-0.3, -0.25) is 9.71 Å². The number of nitrogens with two attached hydrogens (primary N) is 1. The highest BCUT2D eigenvalue weighted by molar-refractivity contribution is 7.92. The summed E-state index contributed by atoms with van der Waals surface area (Å²) < 4.78 is 27.0. The van der Waals surface area contributed by atoms with Crippen molar-refractivity contribution in [3.63, 3.8) is 0 Å². The third-order valence-corrected chi connectivity index (χ3v) is 4.31. The average Bonchev–Trinajstić information content (AvgIpc) is 2.38. The zero-order valence-corrected chi connectivity index (χ0v) is 12.2. The van der Waals surface area contributed by atoms with Crippen LogP contribution in [0.2, 0.25) is 0 Å². The number of pyridine rings is 1. The summed E-state index contributed by atoms with van der Waals surface area (Å²) in [5, 5.41) is 0. The van der Waals surface area contributed by atoms with Crippen LogP contribution in [0.4, 0.5) is 11.4 Å². The highest BCUT2D eigenvalue weighted by atomic mass is 32.2. The van der Waals surface area contributed by atoms with Gasteiger partial charge in [-0.05, 0) is 42.7 Å². The number of nitrogens with zero attached hydrogens (tertiary/aromatic N) is 1. The predicted octanol–water partition coefficient (Wildman–Crippen LogP) is 2.34. The van der Waals surface area contributed by atoms with E-state index < -0.39 is 10.0 Å². The number of hydrogen-bond donors (Lipinski definition) is 2. The summed E-state index contributed by atoms with van der Waals surface area (Å²) in [6.07, 6.45) is 3.89. The topological polar surface area (TPSA) is 85.1 Å². The van der Waals surface area contributed by atoms with Crippen LogP contribution in [0.25, 0.3) is 0 Å². The maximum atomic E-state index is 12.3. The lowest BCUT2D eigenvalue weighted by molar-refractivity contribution is 0.601. The Hall–Kier alpha value is -2.08. The molecule has 0 aliphatic heterocycles. The molecule has 0 spiro atoms. The van der Waals surface area contributed by atoms with E-state index in [4.69, 9.17) is 5.73 Å². The van der Waals surface area contributed by atoms with Crippen molar-refractivity contribution in [2.45, 2.75) is 25.2 Å². The molecule has 2 aromatic rings. The van der Waals surface area contributed by atoms with Gasteiger partial charge >= 0.3 is 0 Å². The van der Waals surface area contributed by atoms with Crippen molar-refractivity contribution in [3.05, 3.63) is 47.8 Å². The number of rotatable bonds is 4. The first-order chi connectivity index (χ1) is 9.42. The molecule has 0 atom stereocenters. The molecule has 0 fully saturated rings. The quantitative estimate of drug-likeness (QED) is 0.847. The number of aromatic nitrogens is 1. The predicted molar refractivity (Wildman–Crippen MR) is 80.0 cm³/mol. The average molecular weight is 291 g/mol. The van der Waals surface area contributed by atoms with Crippen LogP contribution in [-0.2, 0) is 16.4 Å². The van der Waals surface area contributed by atoms with E-state index in [1.165, 1.54) is 12.3 Å². The molecule has 2 rings (SSSR count). The van der Waals surface area contributed by atoms with Gasteiger partial charge in [0.2, 0.25) is 0 Å². The number of anilines is 2. The molecule has 0 unspecified atom stereocenters. The molecule has 0 aliphatic rings. The Kier molecular flexibility index (Phi) is 3.94. The fourth-order valence-corrected chi connectivity index (χ4v) is 2.96. The molecule has 6 heteroatoms. The number of hydrogen-bond acceptors (Lipinski definition) is 4. The summed E-state index contributed by atoms with van der Waals surface area (Å²) in [4.78, 5) is 4.10. The van der Waals surface area contributed by atoms with Crippen molar-refractivity contribution in [3.8, 4) is 0 Å². The lowest BCUT2D eigenvalue weighted by Gasteiger charge is -2.10. The second kappa shape index (κ2) is 5.50. The van der Waals surface area contributed by atoms with E-state index in [1.54, 1.807) is 24.4 Å². The summed E-state index contributed by atoms with van der Waals surface area (Å²) in [5.41, 5.74) is 8.57. The molecule has 106 valence electrons. The normalized spacial score (nSPS) is 11.3. The molecule has 1 aromatic heterocycles. The maximum absolute atomic E-state index is 12.3. The Labute approximate surface area is 118 Å². The van der Waals surface area contributed by atoms with E-state index in [9.17, 15) is 8.42 Å². The summed E-state index contributed by atoms with van der Waals surface area (Å²) in [6, 6.07) is 6.48. The lowest BCUT2D eigenvalue weighted by Crippen LogP contribution is -2.13. The van der Waals surface area contributed by atoms with E-state index in [1.807, 2.05) is 13.8 Å². The summed E-state index contributed by atoms with van der Waals surface area (Å²) >= 11 is 0. The maximum Gasteiger partial charge on any atom is 0.262 e. The van der Waals surface area contributed by atoms with Crippen molar-refractivity contribution >= 4 is 21.4 Å². The first-order valence-corrected chi connectivity index (χ1v) is 7.73. The Bertz CT molecular complexity index is 727. The Morgan fingerprint density at radius 2 is 2.00 bits per heavy atom. The van der Waals surface area contributed by atoms with Crippen molar-refractivity contribution < 1.29 is 8.42 Å². The number of sulfonamides is 1. The molecule has 0 amide bonds. The Morgan fingerprint density at radius 3 is 2.60 bits per heavy atom. The molecule has 1 aromatic carbocycles. The van der Waals surface area contributed by atoms with Crippen LogP contribution in [0.1, 0.15) is 18.1 Å². The third kappa shape index (κ3) is 3.08. The van der Waals surface area contributed by atoms with Gasteiger partial charge in [0, 0.05) is 11.9 Å². The number of aryl methyl sites for hydroxylation is 2. The molecule has 0 radical (unpaired) electrons. The second-order valence-electron chi connectivity index (χ2n) is 4.57. The SMILES string of the molecule is CCc1ccc(S(=O)(=O)Nc2cncc(C)c2)cc1N. The van der Waals surface area contributed by atoms with Gasteiger partial charge in [-0.15, -0.1) is 0 Å². The van der Waals surface area contributed by atoms with E-state index in [0.29, 0.717) is 11.4 Å². The molecule has 3 N–H and O–H groups in total. The standard InChI is InChI=1S/C14H17N3O2S/c1-3-11-4-5-13(7-14(11)15)20(18,19)17-12-6-10(2)8-16-9-12/h4-9,17H,3,15H2,1-2H3. The number of benzene rings is 1. The molecule has 20 heavy (non-hydrogen) atoms. The first-order valence-electron chi connectivity index (χ1n) is 6.25. The van der Waals surface area contributed by atoms with Crippen molar-refractivity contribution in [1.82, 2.24) is 4.98 Å². The van der Waals surface area contributed by atoms with Crippen LogP contribution >= 0.6 is 0 Å². The minimum Gasteiger partial charge on any atom is -0.398 e. The van der Waals surface area contributed by atoms with E-state index in [0.717, 1.165) is 17.5 Å². The van der Waals surface area contributed by atoms with Crippen molar-refractivity contribution in [1.29, 1.82) is 0 Å². The number of nitrogen functional groups attached to an aromatic ring is 1. The minimum atomic E-state index is -3.65. The van der Waals surface area contributed by atoms with Gasteiger partial charge in [0.25, 0.3) is 10.0 Å². The van der Waals surface area contributed by atoms with Gasteiger partial charge < -0.3 is 5.73 Å². The van der Waals surface area contributed by atoms with Crippen molar-refractivity contribution in [2.24, 2.45) is 0 Å². The van der Waals surface area contributed by atoms with Gasteiger partial charge in [0.15, 0.2) is 0 Å². The lowest BCUT2D eigenvalue weighted by atomic mass is 10.1. The van der Waals surface area contributed by atoms with Crippen LogP contribution < -0.4 is 10.5 Å². The van der Waals surface area contributed by atoms with Gasteiger partial charge in [0.05, 0.1) is 16.8 Å². The molecular formula is C14H17N3O2S. The van der Waals surface area contributed by atoms with Crippen LogP contribution in [0.3, 0.4) is 0 Å². The Balaban J connectivity index is 2.33. The van der Waals surface area contributed by atoms with Gasteiger partial charge in [-0.2, -0.15) is 0 Å². The minimum absolute atomic E-state index is 0.147. The summed E-state index contributed by atoms with van der Waals surface area (Å²) in [7, 11) is -3.65. The molecule has 0 saturated heterocycles. The van der Waals surface area contributed by atoms with E-state index in [2.05, 4.69) is 9.71 Å². The highest BCUT2D eigenvalue weighted by Crippen LogP contribution is 2.21. The van der Waals surface area contributed by atoms with Crippen molar-refractivity contribution in [2.75, 3.05) is 10.5 Å². The molecule has 5 nitrogen and oxygen atoms in total. The van der Waals surface area contributed by atoms with E-state index in [-0.39, 0.29) is 4.90 Å². The fraction of sp³-hybridized carbons (Fsp3) is 0.214. The van der Waals surface area contributed by atoms with Crippen LogP contribution in [0.15, 0.2) is 41.6 Å². The molecule has 0 bridgehead atoms. The van der Waals surface area contributed by atoms with Gasteiger partial charge in [-0.25, -0.2) is 8.42 Å². The molecule has 0 aliphatic carbocycles. The second-order valence-corrected chi connectivity index (χ2v) is 6.25. The largest absolute Gasteiger partial charge is 0.398 e. The zero-order valence-electron chi connectivity index (χ0n) is 11.4. The zero-order chi connectivity index (χ0) is 14.8. The smallest absolute Gasteiger partial charge is 0.262 e.